The van der Waals surface area contributed by atoms with Crippen LogP contribution in [-0.4, -0.2) is 17.4 Å². The van der Waals surface area contributed by atoms with E-state index in [0.717, 1.165) is 41.2 Å². The van der Waals surface area contributed by atoms with E-state index in [1.54, 1.807) is 0 Å². The first kappa shape index (κ1) is 12.5. The standard InChI is InChI=1S/C14H19NOS/c1-10-4-3-5-11(2)13(10)15-14(16)12-6-8-17-9-7-12/h3-5,12H,6-9H2,1-2H3,(H,15,16). The number of hydrogen-bond donors (Lipinski definition) is 1. The van der Waals surface area contributed by atoms with E-state index in [4.69, 9.17) is 0 Å². The molecule has 3 heteroatoms. The van der Waals surface area contributed by atoms with Crippen LogP contribution < -0.4 is 5.32 Å². The summed E-state index contributed by atoms with van der Waals surface area (Å²) < 4.78 is 0. The lowest BCUT2D eigenvalue weighted by Crippen LogP contribution is -2.26. The van der Waals surface area contributed by atoms with Gasteiger partial charge in [0.05, 0.1) is 0 Å². The summed E-state index contributed by atoms with van der Waals surface area (Å²) in [6, 6.07) is 6.11. The average Bonchev–Trinajstić information content (AvgIpc) is 2.35. The molecule has 0 radical (unpaired) electrons. The molecular formula is C14H19NOS. The van der Waals surface area contributed by atoms with Crippen molar-refractivity contribution in [1.82, 2.24) is 0 Å². The second-order valence-electron chi connectivity index (χ2n) is 4.64. The number of para-hydroxylation sites is 1. The smallest absolute Gasteiger partial charge is 0.227 e. The fourth-order valence-electron chi connectivity index (χ4n) is 2.20. The minimum Gasteiger partial charge on any atom is -0.325 e. The molecule has 0 saturated carbocycles. The Kier molecular flexibility index (Phi) is 4.11. The Balaban J connectivity index is 2.07. The molecule has 0 spiro atoms. The summed E-state index contributed by atoms with van der Waals surface area (Å²) in [5, 5.41) is 3.10. The number of hydrogen-bond acceptors (Lipinski definition) is 2. The zero-order chi connectivity index (χ0) is 12.3. The maximum Gasteiger partial charge on any atom is 0.227 e. The van der Waals surface area contributed by atoms with Crippen LogP contribution in [0.4, 0.5) is 5.69 Å². The molecule has 0 atom stereocenters. The van der Waals surface area contributed by atoms with E-state index >= 15 is 0 Å². The number of carbonyl (C=O) groups excluding carboxylic acids is 1. The Morgan fingerprint density at radius 3 is 2.41 bits per heavy atom. The van der Waals surface area contributed by atoms with E-state index < -0.39 is 0 Å². The molecule has 0 unspecified atom stereocenters. The molecule has 1 aliphatic rings. The summed E-state index contributed by atoms with van der Waals surface area (Å²) >= 11 is 1.95. The van der Waals surface area contributed by atoms with Crippen LogP contribution in [0.1, 0.15) is 24.0 Å². The first-order valence-electron chi connectivity index (χ1n) is 6.13. The Morgan fingerprint density at radius 1 is 1.24 bits per heavy atom. The molecule has 17 heavy (non-hydrogen) atoms. The third-order valence-electron chi connectivity index (χ3n) is 3.32. The predicted octanol–water partition coefficient (Wildman–Crippen LogP) is 3.39. The van der Waals surface area contributed by atoms with Crippen molar-refractivity contribution < 1.29 is 4.79 Å². The lowest BCUT2D eigenvalue weighted by Gasteiger charge is -2.21. The topological polar surface area (TPSA) is 29.1 Å². The van der Waals surface area contributed by atoms with Crippen molar-refractivity contribution in [2.45, 2.75) is 26.7 Å². The van der Waals surface area contributed by atoms with E-state index in [0.29, 0.717) is 0 Å². The number of anilines is 1. The highest BCUT2D eigenvalue weighted by atomic mass is 32.2. The van der Waals surface area contributed by atoms with E-state index in [1.807, 2.05) is 43.8 Å². The third kappa shape index (κ3) is 3.03. The average molecular weight is 249 g/mol. The van der Waals surface area contributed by atoms with E-state index in [1.165, 1.54) is 0 Å². The SMILES string of the molecule is Cc1cccc(C)c1NC(=O)C1CCSCC1. The lowest BCUT2D eigenvalue weighted by molar-refractivity contribution is -0.120. The molecule has 1 heterocycles. The van der Waals surface area contributed by atoms with Crippen molar-refractivity contribution in [3.63, 3.8) is 0 Å². The van der Waals surface area contributed by atoms with Crippen LogP contribution in [0.15, 0.2) is 18.2 Å². The summed E-state index contributed by atoms with van der Waals surface area (Å²) in [6.45, 7) is 4.08. The van der Waals surface area contributed by atoms with Gasteiger partial charge >= 0.3 is 0 Å². The first-order chi connectivity index (χ1) is 8.18. The van der Waals surface area contributed by atoms with Crippen LogP contribution >= 0.6 is 11.8 Å². The normalized spacial score (nSPS) is 16.8. The molecule has 1 aromatic carbocycles. The number of rotatable bonds is 2. The van der Waals surface area contributed by atoms with Gasteiger partial charge in [-0.3, -0.25) is 4.79 Å². The summed E-state index contributed by atoms with van der Waals surface area (Å²) in [5.41, 5.74) is 3.28. The van der Waals surface area contributed by atoms with Crippen LogP contribution in [0.3, 0.4) is 0 Å². The van der Waals surface area contributed by atoms with Crippen molar-refractivity contribution in [3.05, 3.63) is 29.3 Å². The van der Waals surface area contributed by atoms with Gasteiger partial charge in [-0.15, -0.1) is 0 Å². The maximum atomic E-state index is 12.2. The molecule has 1 aliphatic heterocycles. The summed E-state index contributed by atoms with van der Waals surface area (Å²) in [4.78, 5) is 12.2. The van der Waals surface area contributed by atoms with Crippen molar-refractivity contribution >= 4 is 23.4 Å². The first-order valence-corrected chi connectivity index (χ1v) is 7.29. The minimum absolute atomic E-state index is 0.197. The molecule has 1 amide bonds. The maximum absolute atomic E-state index is 12.2. The van der Waals surface area contributed by atoms with Crippen LogP contribution in [0.2, 0.25) is 0 Å². The fourth-order valence-corrected chi connectivity index (χ4v) is 3.30. The zero-order valence-corrected chi connectivity index (χ0v) is 11.3. The highest BCUT2D eigenvalue weighted by molar-refractivity contribution is 7.99. The number of thioether (sulfide) groups is 1. The Bertz CT molecular complexity index is 390. The van der Waals surface area contributed by atoms with Crippen molar-refractivity contribution in [3.8, 4) is 0 Å². The van der Waals surface area contributed by atoms with Gasteiger partial charge in [-0.25, -0.2) is 0 Å². The number of aryl methyl sites for hydroxylation is 2. The number of amides is 1. The van der Waals surface area contributed by atoms with Crippen LogP contribution in [0.5, 0.6) is 0 Å². The molecule has 0 aromatic heterocycles. The molecule has 1 saturated heterocycles. The number of benzene rings is 1. The molecule has 2 rings (SSSR count). The Labute approximate surface area is 107 Å². The molecular weight excluding hydrogens is 230 g/mol. The van der Waals surface area contributed by atoms with Crippen LogP contribution in [0, 0.1) is 19.8 Å². The van der Waals surface area contributed by atoms with Gasteiger partial charge in [-0.05, 0) is 49.3 Å². The Hall–Kier alpha value is -0.960. The van der Waals surface area contributed by atoms with E-state index in [-0.39, 0.29) is 11.8 Å². The summed E-state index contributed by atoms with van der Waals surface area (Å²) in [7, 11) is 0. The van der Waals surface area contributed by atoms with Crippen molar-refractivity contribution in [2.75, 3.05) is 16.8 Å². The molecule has 0 aliphatic carbocycles. The summed E-state index contributed by atoms with van der Waals surface area (Å²) in [5.74, 6) is 2.63. The number of carbonyl (C=O) groups is 1. The summed E-state index contributed by atoms with van der Waals surface area (Å²) in [6.07, 6.45) is 2.03. The van der Waals surface area contributed by atoms with Crippen molar-refractivity contribution in [1.29, 1.82) is 0 Å². The second kappa shape index (κ2) is 5.58. The molecule has 0 bridgehead atoms. The molecule has 1 aromatic rings. The van der Waals surface area contributed by atoms with Gasteiger partial charge in [0.1, 0.15) is 0 Å². The quantitative estimate of drug-likeness (QED) is 0.870. The fraction of sp³-hybridized carbons (Fsp3) is 0.500. The minimum atomic E-state index is 0.197. The highest BCUT2D eigenvalue weighted by Crippen LogP contribution is 2.26. The van der Waals surface area contributed by atoms with E-state index in [9.17, 15) is 4.79 Å². The van der Waals surface area contributed by atoms with Crippen molar-refractivity contribution in [2.24, 2.45) is 5.92 Å². The van der Waals surface area contributed by atoms with Crippen LogP contribution in [0.25, 0.3) is 0 Å². The zero-order valence-electron chi connectivity index (χ0n) is 10.5. The van der Waals surface area contributed by atoms with Crippen LogP contribution in [-0.2, 0) is 4.79 Å². The van der Waals surface area contributed by atoms with Gasteiger partial charge in [0.25, 0.3) is 0 Å². The largest absolute Gasteiger partial charge is 0.325 e. The lowest BCUT2D eigenvalue weighted by atomic mass is 10.0. The molecule has 2 nitrogen and oxygen atoms in total. The second-order valence-corrected chi connectivity index (χ2v) is 5.87. The van der Waals surface area contributed by atoms with Gasteiger partial charge in [-0.1, -0.05) is 18.2 Å². The Morgan fingerprint density at radius 2 is 1.82 bits per heavy atom. The van der Waals surface area contributed by atoms with Gasteiger partial charge in [0.15, 0.2) is 0 Å². The van der Waals surface area contributed by atoms with Gasteiger partial charge in [0.2, 0.25) is 5.91 Å². The molecule has 1 fully saturated rings. The van der Waals surface area contributed by atoms with Gasteiger partial charge < -0.3 is 5.32 Å². The van der Waals surface area contributed by atoms with E-state index in [2.05, 4.69) is 5.32 Å². The molecule has 92 valence electrons. The third-order valence-corrected chi connectivity index (χ3v) is 4.37. The molecule has 1 N–H and O–H groups in total. The van der Waals surface area contributed by atoms with Gasteiger partial charge in [-0.2, -0.15) is 11.8 Å². The predicted molar refractivity (Wildman–Crippen MR) is 74.6 cm³/mol. The number of nitrogens with one attached hydrogen (secondary N) is 1. The monoisotopic (exact) mass is 249 g/mol. The highest BCUT2D eigenvalue weighted by Gasteiger charge is 2.22. The van der Waals surface area contributed by atoms with Gasteiger partial charge in [0, 0.05) is 11.6 Å².